The summed E-state index contributed by atoms with van der Waals surface area (Å²) in [5, 5.41) is 55.2. The van der Waals surface area contributed by atoms with Gasteiger partial charge in [-0.3, -0.25) is 4.79 Å². The summed E-state index contributed by atoms with van der Waals surface area (Å²) in [7, 11) is 1.97. The molecule has 7 N–H and O–H groups in total. The Labute approximate surface area is 223 Å². The molecule has 2 aromatic rings. The van der Waals surface area contributed by atoms with Gasteiger partial charge in [-0.15, -0.1) is 0 Å². The fourth-order valence-corrected chi connectivity index (χ4v) is 4.36. The number of aliphatic hydroxyl groups is 5. The van der Waals surface area contributed by atoms with Crippen LogP contribution in [0.5, 0.6) is 0 Å². The number of ether oxygens (including phenoxy) is 1. The van der Waals surface area contributed by atoms with Crippen LogP contribution in [0.15, 0.2) is 60.7 Å². The highest BCUT2D eigenvalue weighted by Crippen LogP contribution is 2.42. The summed E-state index contributed by atoms with van der Waals surface area (Å²) < 4.78 is 5.85. The van der Waals surface area contributed by atoms with Crippen molar-refractivity contribution in [2.75, 3.05) is 13.7 Å². The zero-order chi connectivity index (χ0) is 28.9. The van der Waals surface area contributed by atoms with Gasteiger partial charge in [-0.25, -0.2) is 4.79 Å². The Hall–Kier alpha value is -2.86. The summed E-state index contributed by atoms with van der Waals surface area (Å²) in [5.74, 6) is -1.96. The van der Waals surface area contributed by atoms with Crippen LogP contribution in [0.2, 0.25) is 0 Å². The Morgan fingerprint density at radius 2 is 1.39 bits per heavy atom. The molecule has 2 unspecified atom stereocenters. The molecular weight excluding hydrogens is 494 g/mol. The van der Waals surface area contributed by atoms with Gasteiger partial charge in [-0.05, 0) is 37.9 Å². The van der Waals surface area contributed by atoms with E-state index in [1.807, 2.05) is 19.2 Å². The van der Waals surface area contributed by atoms with Crippen molar-refractivity contribution in [3.05, 3.63) is 71.8 Å². The average Bonchev–Trinajstić information content (AvgIpc) is 2.93. The normalized spacial score (nSPS) is 16.1. The van der Waals surface area contributed by atoms with E-state index in [9.17, 15) is 9.59 Å². The summed E-state index contributed by atoms with van der Waals surface area (Å²) in [6, 6.07) is 21.1. The summed E-state index contributed by atoms with van der Waals surface area (Å²) in [6.07, 6.45) is -6.48. The number of esters is 1. The summed E-state index contributed by atoms with van der Waals surface area (Å²) in [4.78, 5) is 21.9. The van der Waals surface area contributed by atoms with Gasteiger partial charge < -0.3 is 40.7 Å². The molecule has 0 radical (unpaired) electrons. The van der Waals surface area contributed by atoms with Gasteiger partial charge in [-0.2, -0.15) is 0 Å². The minimum Gasteiger partial charge on any atom is -0.479 e. The van der Waals surface area contributed by atoms with Gasteiger partial charge in [0, 0.05) is 13.0 Å². The maximum atomic E-state index is 11.8. The highest BCUT2D eigenvalue weighted by molar-refractivity contribution is 5.72. The Bertz CT molecular complexity index is 918. The number of carboxylic acids is 1. The number of carbonyl (C=O) groups excluding carboxylic acids is 1. The van der Waals surface area contributed by atoms with Crippen molar-refractivity contribution in [2.24, 2.45) is 0 Å². The number of hydrogen-bond acceptors (Lipinski definition) is 9. The number of benzene rings is 2. The highest BCUT2D eigenvalue weighted by Gasteiger charge is 2.44. The van der Waals surface area contributed by atoms with Gasteiger partial charge in [0.1, 0.15) is 24.4 Å². The second-order valence-corrected chi connectivity index (χ2v) is 9.12. The Morgan fingerprint density at radius 3 is 1.74 bits per heavy atom. The maximum absolute atomic E-state index is 11.8. The monoisotopic (exact) mass is 535 g/mol. The van der Waals surface area contributed by atoms with Crippen LogP contribution in [0.25, 0.3) is 0 Å². The molecular formula is C28H41NO9. The first-order chi connectivity index (χ1) is 18.0. The van der Waals surface area contributed by atoms with E-state index in [4.69, 9.17) is 35.4 Å². The molecule has 0 bridgehead atoms. The van der Waals surface area contributed by atoms with Gasteiger partial charge >= 0.3 is 11.9 Å². The molecule has 0 aliphatic heterocycles. The summed E-state index contributed by atoms with van der Waals surface area (Å²) in [6.45, 7) is 4.90. The molecule has 6 atom stereocenters. The van der Waals surface area contributed by atoms with Crippen LogP contribution in [0.3, 0.4) is 0 Å². The first kappa shape index (κ1) is 33.2. The van der Waals surface area contributed by atoms with E-state index in [1.165, 1.54) is 18.1 Å². The lowest BCUT2D eigenvalue weighted by atomic mass is 9.66. The molecule has 0 heterocycles. The Kier molecular flexibility index (Phi) is 14.1. The van der Waals surface area contributed by atoms with Crippen LogP contribution >= 0.6 is 0 Å². The number of nitrogens with one attached hydrogen (secondary N) is 1. The lowest BCUT2D eigenvalue weighted by Crippen LogP contribution is -2.48. The standard InChI is InChI=1S/C22H29NO2.C6H12O7/c1-5-21(25-18(3)24)22(16-17(2)23-4,19-12-8-6-9-13-19)20-14-10-7-11-15-20;7-1-2(8)3(9)4(10)5(11)6(12)13/h6-15,17,21,23H,5,16H2,1-4H3;2-5,7-11H,1H2,(H,12,13)/t;2-,3-,4+,5-/m.1/s1. The van der Waals surface area contributed by atoms with E-state index in [1.54, 1.807) is 0 Å². The number of rotatable bonds is 13. The van der Waals surface area contributed by atoms with Crippen molar-refractivity contribution in [3.8, 4) is 0 Å². The Morgan fingerprint density at radius 1 is 0.921 bits per heavy atom. The fourth-order valence-electron chi connectivity index (χ4n) is 4.36. The summed E-state index contributed by atoms with van der Waals surface area (Å²) >= 11 is 0. The first-order valence-corrected chi connectivity index (χ1v) is 12.5. The van der Waals surface area contributed by atoms with Crippen molar-refractivity contribution in [1.82, 2.24) is 5.32 Å². The Balaban J connectivity index is 0.000000471. The van der Waals surface area contributed by atoms with Crippen LogP contribution in [-0.4, -0.2) is 92.8 Å². The molecule has 0 saturated carbocycles. The van der Waals surface area contributed by atoms with Gasteiger partial charge in [-0.1, -0.05) is 67.6 Å². The van der Waals surface area contributed by atoms with Crippen molar-refractivity contribution in [1.29, 1.82) is 0 Å². The highest BCUT2D eigenvalue weighted by atomic mass is 16.5. The molecule has 10 heteroatoms. The molecule has 2 rings (SSSR count). The van der Waals surface area contributed by atoms with Gasteiger partial charge in [0.2, 0.25) is 0 Å². The van der Waals surface area contributed by atoms with Gasteiger partial charge in [0.15, 0.2) is 6.10 Å². The van der Waals surface area contributed by atoms with Crippen LogP contribution in [-0.2, 0) is 19.7 Å². The lowest BCUT2D eigenvalue weighted by Gasteiger charge is -2.42. The SMILES string of the molecule is CCC(OC(C)=O)C(CC(C)NC)(c1ccccc1)c1ccccc1.O=C(O)[C@H](O)[C@@H](O)[C@H](O)[C@H](O)CO. The van der Waals surface area contributed by atoms with E-state index in [2.05, 4.69) is 67.7 Å². The van der Waals surface area contributed by atoms with Crippen LogP contribution in [0.4, 0.5) is 0 Å². The van der Waals surface area contributed by atoms with Crippen molar-refractivity contribution in [2.45, 2.75) is 75.6 Å². The molecule has 10 nitrogen and oxygen atoms in total. The minimum absolute atomic E-state index is 0.231. The molecule has 0 aliphatic rings. The van der Waals surface area contributed by atoms with Crippen molar-refractivity contribution < 1.29 is 45.0 Å². The van der Waals surface area contributed by atoms with Crippen molar-refractivity contribution in [3.63, 3.8) is 0 Å². The van der Waals surface area contributed by atoms with Crippen LogP contribution in [0.1, 0.15) is 44.7 Å². The van der Waals surface area contributed by atoms with E-state index >= 15 is 0 Å². The third-order valence-electron chi connectivity index (χ3n) is 6.44. The van der Waals surface area contributed by atoms with E-state index in [0.717, 1.165) is 12.8 Å². The molecule has 38 heavy (non-hydrogen) atoms. The van der Waals surface area contributed by atoms with Gasteiger partial charge in [0.25, 0.3) is 0 Å². The molecule has 212 valence electrons. The second-order valence-electron chi connectivity index (χ2n) is 9.12. The number of aliphatic hydroxyl groups excluding tert-OH is 5. The molecule has 0 spiro atoms. The number of hydrogen-bond donors (Lipinski definition) is 7. The first-order valence-electron chi connectivity index (χ1n) is 12.5. The third-order valence-corrected chi connectivity index (χ3v) is 6.44. The van der Waals surface area contributed by atoms with E-state index in [-0.39, 0.29) is 18.1 Å². The molecule has 0 saturated heterocycles. The number of aliphatic carboxylic acids is 1. The summed E-state index contributed by atoms with van der Waals surface area (Å²) in [5.41, 5.74) is 1.96. The number of carboxylic acid groups (broad SMARTS) is 1. The third kappa shape index (κ3) is 8.87. The topological polar surface area (TPSA) is 177 Å². The molecule has 0 fully saturated rings. The van der Waals surface area contributed by atoms with Crippen molar-refractivity contribution >= 4 is 11.9 Å². The zero-order valence-electron chi connectivity index (χ0n) is 22.3. The van der Waals surface area contributed by atoms with Gasteiger partial charge in [0.05, 0.1) is 12.0 Å². The van der Waals surface area contributed by atoms with E-state index < -0.39 is 42.4 Å². The average molecular weight is 536 g/mol. The molecule has 0 aromatic heterocycles. The van der Waals surface area contributed by atoms with Crippen LogP contribution in [0, 0.1) is 0 Å². The second kappa shape index (κ2) is 16.2. The zero-order valence-corrected chi connectivity index (χ0v) is 22.3. The predicted octanol–water partition coefficient (Wildman–Crippen LogP) is 0.819. The minimum atomic E-state index is -2.20. The lowest BCUT2D eigenvalue weighted by molar-refractivity contribution is -0.164. The molecule has 0 aliphatic carbocycles. The molecule has 0 amide bonds. The van der Waals surface area contributed by atoms with Crippen LogP contribution < -0.4 is 5.32 Å². The largest absolute Gasteiger partial charge is 0.479 e. The quantitative estimate of drug-likeness (QED) is 0.182. The predicted molar refractivity (Wildman–Crippen MR) is 141 cm³/mol. The smallest absolute Gasteiger partial charge is 0.335 e. The number of carbonyl (C=O) groups is 2. The molecule has 2 aromatic carbocycles. The fraction of sp³-hybridized carbons (Fsp3) is 0.500. The maximum Gasteiger partial charge on any atom is 0.335 e. The van der Waals surface area contributed by atoms with E-state index in [0.29, 0.717) is 0 Å².